The normalized spacial score (nSPS) is 11.6. The smallest absolute Gasteiger partial charge is 0.328 e. The lowest BCUT2D eigenvalue weighted by atomic mass is 10.0. The monoisotopic (exact) mass is 585 g/mol. The van der Waals surface area contributed by atoms with Gasteiger partial charge >= 0.3 is 5.97 Å². The van der Waals surface area contributed by atoms with Crippen LogP contribution in [0.25, 0.3) is 21.2 Å². The summed E-state index contributed by atoms with van der Waals surface area (Å²) in [5.41, 5.74) is 3.92. The van der Waals surface area contributed by atoms with E-state index in [2.05, 4.69) is 5.32 Å². The van der Waals surface area contributed by atoms with E-state index in [1.54, 1.807) is 7.11 Å². The minimum atomic E-state index is -0.842. The second kappa shape index (κ2) is 12.9. The molecule has 0 spiro atoms. The van der Waals surface area contributed by atoms with Crippen molar-refractivity contribution in [2.45, 2.75) is 19.1 Å². The lowest BCUT2D eigenvalue weighted by Gasteiger charge is -2.16. The molecule has 1 atom stereocenters. The van der Waals surface area contributed by atoms with Gasteiger partial charge in [0.15, 0.2) is 0 Å². The summed E-state index contributed by atoms with van der Waals surface area (Å²) in [7, 11) is 2.94. The Kier molecular flexibility index (Phi) is 8.87. The Morgan fingerprint density at radius 3 is 2.32 bits per heavy atom. The van der Waals surface area contributed by atoms with E-state index >= 15 is 0 Å². The van der Waals surface area contributed by atoms with Crippen molar-refractivity contribution >= 4 is 44.9 Å². The summed E-state index contributed by atoms with van der Waals surface area (Å²) < 4.78 is 17.1. The number of thiophene rings is 1. The van der Waals surface area contributed by atoms with Crippen LogP contribution in [0.15, 0.2) is 97.1 Å². The molecule has 6 nitrogen and oxygen atoms in total. The lowest BCUT2D eigenvalue weighted by molar-refractivity contribution is -0.142. The van der Waals surface area contributed by atoms with Crippen LogP contribution in [0, 0.1) is 0 Å². The first-order chi connectivity index (χ1) is 19.9. The molecule has 4 aromatic carbocycles. The zero-order valence-corrected chi connectivity index (χ0v) is 24.1. The molecule has 0 aliphatic carbocycles. The minimum absolute atomic E-state index is 0.278. The molecule has 1 aromatic heterocycles. The zero-order valence-electron chi connectivity index (χ0n) is 22.6. The standard InChI is InChI=1S/C33H28ClNO5S/c1-38-28-5-3-4-22(16-28)20-40-27-13-6-21(7-14-27)17-29(33(37)39-2)35-32(36)31-19-25-18-24(10-15-30(25)41-31)23-8-11-26(34)12-9-23/h3-16,18-19,29H,17,20H2,1-2H3,(H,35,36). The maximum absolute atomic E-state index is 13.2. The Morgan fingerprint density at radius 1 is 0.829 bits per heavy atom. The van der Waals surface area contributed by atoms with E-state index in [1.165, 1.54) is 18.4 Å². The molecule has 0 aliphatic heterocycles. The van der Waals surface area contributed by atoms with Crippen molar-refractivity contribution in [2.24, 2.45) is 0 Å². The molecule has 0 bridgehead atoms. The second-order valence-electron chi connectivity index (χ2n) is 9.41. The number of amides is 1. The summed E-state index contributed by atoms with van der Waals surface area (Å²) in [5.74, 6) is 0.630. The van der Waals surface area contributed by atoms with Gasteiger partial charge in [-0.15, -0.1) is 11.3 Å². The van der Waals surface area contributed by atoms with Gasteiger partial charge in [0.05, 0.1) is 19.1 Å². The fourth-order valence-corrected chi connectivity index (χ4v) is 5.50. The van der Waals surface area contributed by atoms with Gasteiger partial charge in [0, 0.05) is 16.1 Å². The predicted molar refractivity (Wildman–Crippen MR) is 163 cm³/mol. The summed E-state index contributed by atoms with van der Waals surface area (Å²) in [6, 6.07) is 29.8. The predicted octanol–water partition coefficient (Wildman–Crippen LogP) is 7.32. The topological polar surface area (TPSA) is 73.9 Å². The molecule has 5 aromatic rings. The van der Waals surface area contributed by atoms with Gasteiger partial charge in [-0.05, 0) is 82.2 Å². The molecular weight excluding hydrogens is 558 g/mol. The molecule has 0 aliphatic rings. The number of rotatable bonds is 10. The Morgan fingerprint density at radius 2 is 1.59 bits per heavy atom. The van der Waals surface area contributed by atoms with Gasteiger partial charge in [-0.1, -0.05) is 54.1 Å². The molecule has 0 radical (unpaired) electrons. The maximum Gasteiger partial charge on any atom is 0.328 e. The van der Waals surface area contributed by atoms with Crippen LogP contribution in [0.3, 0.4) is 0 Å². The number of nitrogens with one attached hydrogen (secondary N) is 1. The number of halogens is 1. The molecule has 0 saturated carbocycles. The molecule has 0 fully saturated rings. The largest absolute Gasteiger partial charge is 0.497 e. The van der Waals surface area contributed by atoms with Crippen LogP contribution in [-0.4, -0.2) is 32.1 Å². The number of hydrogen-bond acceptors (Lipinski definition) is 6. The second-order valence-corrected chi connectivity index (χ2v) is 10.9. The van der Waals surface area contributed by atoms with E-state index in [1.807, 2.05) is 97.1 Å². The number of benzene rings is 4. The molecule has 0 saturated heterocycles. The molecule has 1 amide bonds. The van der Waals surface area contributed by atoms with E-state index in [-0.39, 0.29) is 12.3 Å². The van der Waals surface area contributed by atoms with Crippen LogP contribution < -0.4 is 14.8 Å². The molecule has 1 N–H and O–H groups in total. The zero-order chi connectivity index (χ0) is 28.8. The van der Waals surface area contributed by atoms with Crippen LogP contribution in [0.2, 0.25) is 5.02 Å². The van der Waals surface area contributed by atoms with Gasteiger partial charge in [0.2, 0.25) is 0 Å². The van der Waals surface area contributed by atoms with Crippen molar-refractivity contribution in [3.05, 3.63) is 118 Å². The first-order valence-corrected chi connectivity index (χ1v) is 14.1. The fourth-order valence-electron chi connectivity index (χ4n) is 4.43. The molecule has 8 heteroatoms. The number of esters is 1. The lowest BCUT2D eigenvalue weighted by Crippen LogP contribution is -2.42. The molecular formula is C33H28ClNO5S. The highest BCUT2D eigenvalue weighted by atomic mass is 35.5. The van der Waals surface area contributed by atoms with Gasteiger partial charge in [0.1, 0.15) is 24.1 Å². The van der Waals surface area contributed by atoms with Crippen LogP contribution in [-0.2, 0) is 22.6 Å². The van der Waals surface area contributed by atoms with Crippen LogP contribution in [0.1, 0.15) is 20.8 Å². The van der Waals surface area contributed by atoms with E-state index in [0.29, 0.717) is 22.3 Å². The number of hydrogen-bond donors (Lipinski definition) is 1. The number of carbonyl (C=O) groups excluding carboxylic acids is 2. The van der Waals surface area contributed by atoms with E-state index < -0.39 is 12.0 Å². The highest BCUT2D eigenvalue weighted by Crippen LogP contribution is 2.31. The van der Waals surface area contributed by atoms with Gasteiger partial charge in [-0.25, -0.2) is 4.79 Å². The average Bonchev–Trinajstić information content (AvgIpc) is 3.44. The average molecular weight is 586 g/mol. The Bertz CT molecular complexity index is 1660. The SMILES string of the molecule is COC(=O)C(Cc1ccc(OCc2cccc(OC)c2)cc1)NC(=O)c1cc2cc(-c3ccc(Cl)cc3)ccc2s1. The van der Waals surface area contributed by atoms with Crippen molar-refractivity contribution in [1.82, 2.24) is 5.32 Å². The van der Waals surface area contributed by atoms with Gasteiger partial charge in [0.25, 0.3) is 5.91 Å². The first kappa shape index (κ1) is 28.2. The fraction of sp³-hybridized carbons (Fsp3) is 0.152. The Labute approximate surface area is 247 Å². The van der Waals surface area contributed by atoms with Crippen molar-refractivity contribution in [1.29, 1.82) is 0 Å². The Balaban J connectivity index is 1.24. The number of carbonyl (C=O) groups is 2. The summed E-state index contributed by atoms with van der Waals surface area (Å²) in [4.78, 5) is 26.3. The van der Waals surface area contributed by atoms with Gasteiger partial charge < -0.3 is 19.5 Å². The molecule has 208 valence electrons. The van der Waals surface area contributed by atoms with Crippen LogP contribution in [0.5, 0.6) is 11.5 Å². The van der Waals surface area contributed by atoms with Crippen molar-refractivity contribution in [3.63, 3.8) is 0 Å². The van der Waals surface area contributed by atoms with Gasteiger partial charge in [-0.2, -0.15) is 0 Å². The molecule has 1 heterocycles. The maximum atomic E-state index is 13.2. The Hall–Kier alpha value is -4.33. The van der Waals surface area contributed by atoms with Crippen molar-refractivity contribution in [2.75, 3.05) is 14.2 Å². The summed E-state index contributed by atoms with van der Waals surface area (Å²) in [6.45, 7) is 0.397. The van der Waals surface area contributed by atoms with Crippen molar-refractivity contribution in [3.8, 4) is 22.6 Å². The summed E-state index contributed by atoms with van der Waals surface area (Å²) >= 11 is 7.40. The number of methoxy groups -OCH3 is 2. The van der Waals surface area contributed by atoms with E-state index in [4.69, 9.17) is 25.8 Å². The van der Waals surface area contributed by atoms with E-state index in [9.17, 15) is 9.59 Å². The quantitative estimate of drug-likeness (QED) is 0.174. The van der Waals surface area contributed by atoms with Crippen molar-refractivity contribution < 1.29 is 23.8 Å². The minimum Gasteiger partial charge on any atom is -0.497 e. The molecule has 1 unspecified atom stereocenters. The van der Waals surface area contributed by atoms with Crippen LogP contribution >= 0.6 is 22.9 Å². The summed E-state index contributed by atoms with van der Waals surface area (Å²) in [6.07, 6.45) is 0.278. The highest BCUT2D eigenvalue weighted by Gasteiger charge is 2.24. The third-order valence-electron chi connectivity index (χ3n) is 6.61. The first-order valence-electron chi connectivity index (χ1n) is 12.9. The third-order valence-corrected chi connectivity index (χ3v) is 7.98. The molecule has 5 rings (SSSR count). The van der Waals surface area contributed by atoms with Gasteiger partial charge in [-0.3, -0.25) is 4.79 Å². The third kappa shape index (κ3) is 7.06. The van der Waals surface area contributed by atoms with E-state index in [0.717, 1.165) is 38.1 Å². The highest BCUT2D eigenvalue weighted by molar-refractivity contribution is 7.20. The van der Waals surface area contributed by atoms with Crippen LogP contribution in [0.4, 0.5) is 0 Å². The summed E-state index contributed by atoms with van der Waals surface area (Å²) in [5, 5.41) is 4.49. The molecule has 41 heavy (non-hydrogen) atoms. The number of ether oxygens (including phenoxy) is 3. The number of fused-ring (bicyclic) bond motifs is 1.